The van der Waals surface area contributed by atoms with Crippen LogP contribution in [0.15, 0.2) is 42.5 Å². The van der Waals surface area contributed by atoms with Gasteiger partial charge in [-0.2, -0.15) is 5.26 Å². The molecule has 0 aliphatic heterocycles. The predicted molar refractivity (Wildman–Crippen MR) is 71.5 cm³/mol. The van der Waals surface area contributed by atoms with E-state index in [9.17, 15) is 0 Å². The molecule has 0 saturated heterocycles. The molecule has 0 radical (unpaired) electrons. The second-order valence-corrected chi connectivity index (χ2v) is 3.97. The summed E-state index contributed by atoms with van der Waals surface area (Å²) in [4.78, 5) is 0. The van der Waals surface area contributed by atoms with E-state index in [-0.39, 0.29) is 0 Å². The lowest BCUT2D eigenvalue weighted by molar-refractivity contribution is 0.484. The molecule has 0 amide bonds. The van der Waals surface area contributed by atoms with Gasteiger partial charge in [0.1, 0.15) is 11.5 Å². The lowest BCUT2D eigenvalue weighted by atomic mass is 10.1. The number of aryl methyl sites for hydroxylation is 1. The van der Waals surface area contributed by atoms with Crippen molar-refractivity contribution in [3.05, 3.63) is 53.6 Å². The van der Waals surface area contributed by atoms with Gasteiger partial charge >= 0.3 is 0 Å². The molecule has 3 heteroatoms. The van der Waals surface area contributed by atoms with E-state index in [0.29, 0.717) is 17.0 Å². The summed E-state index contributed by atoms with van der Waals surface area (Å²) in [5, 5.41) is 8.76. The predicted octanol–water partition coefficient (Wildman–Crippen LogP) is 3.50. The van der Waals surface area contributed by atoms with Crippen molar-refractivity contribution in [2.45, 2.75) is 13.3 Å². The molecule has 18 heavy (non-hydrogen) atoms. The highest BCUT2D eigenvalue weighted by Gasteiger charge is 2.04. The van der Waals surface area contributed by atoms with Crippen molar-refractivity contribution >= 4 is 5.69 Å². The molecule has 0 atom stereocenters. The molecule has 0 saturated carbocycles. The number of nitrogens with two attached hydrogens (primary N) is 1. The normalized spacial score (nSPS) is 9.78. The van der Waals surface area contributed by atoms with Crippen molar-refractivity contribution in [3.63, 3.8) is 0 Å². The highest BCUT2D eigenvalue weighted by Crippen LogP contribution is 2.28. The van der Waals surface area contributed by atoms with Gasteiger partial charge < -0.3 is 10.5 Å². The maximum Gasteiger partial charge on any atom is 0.150 e. The van der Waals surface area contributed by atoms with Gasteiger partial charge in [-0.3, -0.25) is 0 Å². The number of hydrogen-bond donors (Lipinski definition) is 1. The van der Waals surface area contributed by atoms with Gasteiger partial charge in [-0.15, -0.1) is 0 Å². The van der Waals surface area contributed by atoms with Crippen LogP contribution in [-0.4, -0.2) is 0 Å². The summed E-state index contributed by atoms with van der Waals surface area (Å²) in [7, 11) is 0. The molecule has 0 aliphatic rings. The van der Waals surface area contributed by atoms with Crippen LogP contribution in [0.3, 0.4) is 0 Å². The number of nitriles is 1. The Labute approximate surface area is 106 Å². The molecular weight excluding hydrogens is 224 g/mol. The molecule has 0 aromatic heterocycles. The van der Waals surface area contributed by atoms with Crippen molar-refractivity contribution in [1.82, 2.24) is 0 Å². The van der Waals surface area contributed by atoms with E-state index in [1.54, 1.807) is 18.2 Å². The summed E-state index contributed by atoms with van der Waals surface area (Å²) in [6.45, 7) is 2.09. The maximum atomic E-state index is 8.76. The van der Waals surface area contributed by atoms with Gasteiger partial charge in [0.15, 0.2) is 0 Å². The molecule has 0 spiro atoms. The fraction of sp³-hybridized carbons (Fsp3) is 0.133. The Morgan fingerprint density at radius 3 is 2.72 bits per heavy atom. The summed E-state index contributed by atoms with van der Waals surface area (Å²) in [6, 6.07) is 14.9. The zero-order valence-corrected chi connectivity index (χ0v) is 10.2. The number of nitrogen functional groups attached to an aromatic ring is 1. The fourth-order valence-corrected chi connectivity index (χ4v) is 1.67. The Bertz CT molecular complexity index is 600. The van der Waals surface area contributed by atoms with Crippen molar-refractivity contribution < 1.29 is 4.74 Å². The van der Waals surface area contributed by atoms with Crippen LogP contribution in [0.1, 0.15) is 18.1 Å². The zero-order valence-electron chi connectivity index (χ0n) is 10.2. The summed E-state index contributed by atoms with van der Waals surface area (Å²) in [6.07, 6.45) is 0.958. The molecule has 2 aromatic carbocycles. The zero-order chi connectivity index (χ0) is 13.0. The molecule has 0 unspecified atom stereocenters. The minimum absolute atomic E-state index is 0.468. The molecule has 0 fully saturated rings. The Kier molecular flexibility index (Phi) is 3.49. The summed E-state index contributed by atoms with van der Waals surface area (Å²) in [5.41, 5.74) is 8.05. The van der Waals surface area contributed by atoms with Gasteiger partial charge in [-0.25, -0.2) is 0 Å². The van der Waals surface area contributed by atoms with Gasteiger partial charge in [-0.05, 0) is 42.3 Å². The standard InChI is InChI=1S/C15H14N2O/c1-2-11-4-3-5-13(8-11)18-15-7-6-12(10-16)9-14(15)17/h3-9H,2,17H2,1H3. The van der Waals surface area contributed by atoms with E-state index in [1.807, 2.05) is 24.3 Å². The molecule has 2 N–H and O–H groups in total. The topological polar surface area (TPSA) is 59.0 Å². The third-order valence-corrected chi connectivity index (χ3v) is 2.67. The highest BCUT2D eigenvalue weighted by atomic mass is 16.5. The molecule has 2 aromatic rings. The van der Waals surface area contributed by atoms with Crippen LogP contribution >= 0.6 is 0 Å². The number of benzene rings is 2. The summed E-state index contributed by atoms with van der Waals surface area (Å²) in [5.74, 6) is 1.33. The van der Waals surface area contributed by atoms with Crippen LogP contribution in [0.2, 0.25) is 0 Å². The van der Waals surface area contributed by atoms with Gasteiger partial charge in [-0.1, -0.05) is 19.1 Å². The highest BCUT2D eigenvalue weighted by molar-refractivity contribution is 5.57. The number of ether oxygens (including phenoxy) is 1. The number of hydrogen-bond acceptors (Lipinski definition) is 3. The minimum atomic E-state index is 0.468. The largest absolute Gasteiger partial charge is 0.455 e. The number of rotatable bonds is 3. The van der Waals surface area contributed by atoms with Crippen molar-refractivity contribution in [2.24, 2.45) is 0 Å². The van der Waals surface area contributed by atoms with E-state index in [0.717, 1.165) is 12.2 Å². The van der Waals surface area contributed by atoms with Crippen LogP contribution in [0.5, 0.6) is 11.5 Å². The van der Waals surface area contributed by atoms with Crippen LogP contribution in [0.4, 0.5) is 5.69 Å². The molecule has 3 nitrogen and oxygen atoms in total. The average Bonchev–Trinajstić information content (AvgIpc) is 2.41. The van der Waals surface area contributed by atoms with Gasteiger partial charge in [0.05, 0.1) is 17.3 Å². The first kappa shape index (κ1) is 12.0. The molecule has 0 heterocycles. The minimum Gasteiger partial charge on any atom is -0.455 e. The Morgan fingerprint density at radius 2 is 2.06 bits per heavy atom. The number of anilines is 1. The molecule has 0 bridgehead atoms. The second kappa shape index (κ2) is 5.24. The Hall–Kier alpha value is -2.47. The first-order chi connectivity index (χ1) is 8.72. The van der Waals surface area contributed by atoms with Crippen molar-refractivity contribution in [1.29, 1.82) is 5.26 Å². The second-order valence-electron chi connectivity index (χ2n) is 3.97. The summed E-state index contributed by atoms with van der Waals surface area (Å²) < 4.78 is 5.72. The monoisotopic (exact) mass is 238 g/mol. The lowest BCUT2D eigenvalue weighted by Crippen LogP contribution is -1.93. The van der Waals surface area contributed by atoms with E-state index >= 15 is 0 Å². The SMILES string of the molecule is CCc1cccc(Oc2ccc(C#N)cc2N)c1. The molecule has 2 rings (SSSR count). The van der Waals surface area contributed by atoms with Crippen LogP contribution in [0, 0.1) is 11.3 Å². The van der Waals surface area contributed by atoms with Crippen molar-refractivity contribution in [3.8, 4) is 17.6 Å². The molecular formula is C15H14N2O. The Balaban J connectivity index is 2.26. The first-order valence-corrected chi connectivity index (χ1v) is 5.79. The van der Waals surface area contributed by atoms with Gasteiger partial charge in [0, 0.05) is 0 Å². The molecule has 90 valence electrons. The van der Waals surface area contributed by atoms with E-state index < -0.39 is 0 Å². The van der Waals surface area contributed by atoms with Crippen molar-refractivity contribution in [2.75, 3.05) is 5.73 Å². The quantitative estimate of drug-likeness (QED) is 0.832. The Morgan fingerprint density at radius 1 is 1.22 bits per heavy atom. The van der Waals surface area contributed by atoms with Gasteiger partial charge in [0.2, 0.25) is 0 Å². The van der Waals surface area contributed by atoms with Gasteiger partial charge in [0.25, 0.3) is 0 Å². The maximum absolute atomic E-state index is 8.76. The van der Waals surface area contributed by atoms with E-state index in [2.05, 4.69) is 13.0 Å². The third-order valence-electron chi connectivity index (χ3n) is 2.67. The van der Waals surface area contributed by atoms with Crippen LogP contribution in [0.25, 0.3) is 0 Å². The fourth-order valence-electron chi connectivity index (χ4n) is 1.67. The lowest BCUT2D eigenvalue weighted by Gasteiger charge is -2.09. The third kappa shape index (κ3) is 2.61. The van der Waals surface area contributed by atoms with Crippen LogP contribution < -0.4 is 10.5 Å². The average molecular weight is 238 g/mol. The van der Waals surface area contributed by atoms with E-state index in [4.69, 9.17) is 15.7 Å². The smallest absolute Gasteiger partial charge is 0.150 e. The number of nitrogens with zero attached hydrogens (tertiary/aromatic N) is 1. The summed E-state index contributed by atoms with van der Waals surface area (Å²) >= 11 is 0. The van der Waals surface area contributed by atoms with E-state index in [1.165, 1.54) is 5.56 Å². The first-order valence-electron chi connectivity index (χ1n) is 5.79. The molecule has 0 aliphatic carbocycles. The van der Waals surface area contributed by atoms with Crippen LogP contribution in [-0.2, 0) is 6.42 Å².